The number of ether oxygens (including phenoxy) is 1. The van der Waals surface area contributed by atoms with Crippen LogP contribution in [0.1, 0.15) is 44.7 Å². The summed E-state index contributed by atoms with van der Waals surface area (Å²) >= 11 is 0. The molecule has 3 aromatic carbocycles. The standard InChI is InChI=1S/C31H40N4O4S.ClH/c1-31(2,3)35(23-24-8-6-5-7-9-24)30(36)32-26-18-20-34(21-19-26)22-25-10-14-28(15-11-25)39-29-16-12-27(13-17-29)33-40(4,37)38;/h5-17,26,33H,18-23H2,1-4H3,(H,32,36);1H. The Morgan fingerprint density at radius 1 is 0.902 bits per heavy atom. The van der Waals surface area contributed by atoms with Crippen molar-refractivity contribution in [1.29, 1.82) is 0 Å². The molecule has 0 unspecified atom stereocenters. The van der Waals surface area contributed by atoms with Gasteiger partial charge in [-0.2, -0.15) is 0 Å². The van der Waals surface area contributed by atoms with Crippen molar-refractivity contribution in [1.82, 2.24) is 15.1 Å². The Morgan fingerprint density at radius 2 is 1.46 bits per heavy atom. The highest BCUT2D eigenvalue weighted by Crippen LogP contribution is 2.25. The van der Waals surface area contributed by atoms with E-state index in [9.17, 15) is 13.2 Å². The molecule has 1 saturated heterocycles. The Labute approximate surface area is 250 Å². The Balaban J connectivity index is 0.00000462. The van der Waals surface area contributed by atoms with Crippen LogP contribution in [0.4, 0.5) is 10.5 Å². The molecule has 2 N–H and O–H groups in total. The van der Waals surface area contributed by atoms with Crippen molar-refractivity contribution >= 4 is 34.1 Å². The molecule has 10 heteroatoms. The van der Waals surface area contributed by atoms with Crippen LogP contribution in [0, 0.1) is 0 Å². The maximum absolute atomic E-state index is 13.2. The first kappa shape index (κ1) is 32.2. The molecular weight excluding hydrogens is 560 g/mol. The van der Waals surface area contributed by atoms with Crippen LogP contribution >= 0.6 is 12.4 Å². The van der Waals surface area contributed by atoms with E-state index in [0.717, 1.165) is 44.3 Å². The number of amides is 2. The van der Waals surface area contributed by atoms with Crippen LogP contribution in [0.3, 0.4) is 0 Å². The van der Waals surface area contributed by atoms with E-state index >= 15 is 0 Å². The third kappa shape index (κ3) is 10.3. The lowest BCUT2D eigenvalue weighted by atomic mass is 10.0. The summed E-state index contributed by atoms with van der Waals surface area (Å²) in [6.07, 6.45) is 2.95. The van der Waals surface area contributed by atoms with Gasteiger partial charge in [-0.1, -0.05) is 42.5 Å². The van der Waals surface area contributed by atoms with Crippen molar-refractivity contribution in [3.63, 3.8) is 0 Å². The molecule has 0 bridgehead atoms. The molecule has 0 aromatic heterocycles. The number of carbonyl (C=O) groups is 1. The second-order valence-electron chi connectivity index (χ2n) is 11.4. The molecule has 3 aromatic rings. The van der Waals surface area contributed by atoms with E-state index in [4.69, 9.17) is 4.74 Å². The minimum Gasteiger partial charge on any atom is -0.457 e. The minimum absolute atomic E-state index is 0. The van der Waals surface area contributed by atoms with Crippen LogP contribution in [0.5, 0.6) is 11.5 Å². The molecule has 0 aliphatic carbocycles. The summed E-state index contributed by atoms with van der Waals surface area (Å²) in [6, 6.07) is 25.1. The Bertz CT molecular complexity index is 1350. The monoisotopic (exact) mass is 600 g/mol. The molecule has 8 nitrogen and oxygen atoms in total. The van der Waals surface area contributed by atoms with E-state index in [-0.39, 0.29) is 30.0 Å². The Kier molecular flexibility index (Phi) is 11.1. The number of likely N-dealkylation sites (tertiary alicyclic amines) is 1. The average Bonchev–Trinajstić information content (AvgIpc) is 2.90. The first-order chi connectivity index (χ1) is 18.9. The predicted molar refractivity (Wildman–Crippen MR) is 167 cm³/mol. The van der Waals surface area contributed by atoms with Crippen LogP contribution in [0.2, 0.25) is 0 Å². The van der Waals surface area contributed by atoms with Crippen LogP contribution < -0.4 is 14.8 Å². The van der Waals surface area contributed by atoms with E-state index in [1.54, 1.807) is 24.3 Å². The van der Waals surface area contributed by atoms with Gasteiger partial charge in [0, 0.05) is 43.4 Å². The summed E-state index contributed by atoms with van der Waals surface area (Å²) in [5.41, 5.74) is 2.53. The van der Waals surface area contributed by atoms with Crippen LogP contribution in [-0.4, -0.2) is 55.2 Å². The highest BCUT2D eigenvalue weighted by Gasteiger charge is 2.29. The molecule has 0 atom stereocenters. The number of hydrogen-bond acceptors (Lipinski definition) is 5. The van der Waals surface area contributed by atoms with Gasteiger partial charge in [-0.15, -0.1) is 12.4 Å². The van der Waals surface area contributed by atoms with E-state index in [1.807, 2.05) is 35.2 Å². The molecule has 222 valence electrons. The fraction of sp³-hybridized carbons (Fsp3) is 0.387. The molecule has 1 aliphatic heterocycles. The topological polar surface area (TPSA) is 91.0 Å². The first-order valence-corrected chi connectivity index (χ1v) is 15.5. The third-order valence-corrected chi connectivity index (χ3v) is 7.48. The highest BCUT2D eigenvalue weighted by atomic mass is 35.5. The molecule has 1 fully saturated rings. The third-order valence-electron chi connectivity index (χ3n) is 6.88. The summed E-state index contributed by atoms with van der Waals surface area (Å²) in [5, 5.41) is 3.29. The molecular formula is C31H41ClN4O4S. The number of carbonyl (C=O) groups excluding carboxylic acids is 1. The number of sulfonamides is 1. The van der Waals surface area contributed by atoms with Crippen molar-refractivity contribution in [2.45, 2.75) is 58.3 Å². The summed E-state index contributed by atoms with van der Waals surface area (Å²) in [7, 11) is -3.31. The molecule has 1 aliphatic rings. The largest absolute Gasteiger partial charge is 0.457 e. The number of hydrogen-bond donors (Lipinski definition) is 2. The number of rotatable bonds is 9. The number of benzene rings is 3. The predicted octanol–water partition coefficient (Wildman–Crippen LogP) is 6.25. The van der Waals surface area contributed by atoms with Gasteiger partial charge in [-0.25, -0.2) is 13.2 Å². The van der Waals surface area contributed by atoms with Crippen molar-refractivity contribution in [2.24, 2.45) is 0 Å². The highest BCUT2D eigenvalue weighted by molar-refractivity contribution is 7.92. The Hall–Kier alpha value is -3.27. The van der Waals surface area contributed by atoms with Gasteiger partial charge in [-0.05, 0) is 81.1 Å². The molecule has 0 radical (unpaired) electrons. The van der Waals surface area contributed by atoms with Gasteiger partial charge in [0.1, 0.15) is 11.5 Å². The zero-order chi connectivity index (χ0) is 28.8. The number of halogens is 1. The summed E-state index contributed by atoms with van der Waals surface area (Å²) in [6.45, 7) is 9.49. The number of nitrogens with one attached hydrogen (secondary N) is 2. The maximum atomic E-state index is 13.2. The summed E-state index contributed by atoms with van der Waals surface area (Å²) < 4.78 is 31.1. The van der Waals surface area contributed by atoms with Gasteiger partial charge in [0.25, 0.3) is 0 Å². The number of piperidine rings is 1. The second kappa shape index (κ2) is 14.1. The van der Waals surface area contributed by atoms with E-state index < -0.39 is 10.0 Å². The summed E-state index contributed by atoms with van der Waals surface area (Å²) in [5.74, 6) is 1.35. The van der Waals surface area contributed by atoms with Gasteiger partial charge in [0.2, 0.25) is 10.0 Å². The van der Waals surface area contributed by atoms with Crippen molar-refractivity contribution < 1.29 is 17.9 Å². The zero-order valence-electron chi connectivity index (χ0n) is 24.2. The van der Waals surface area contributed by atoms with Gasteiger partial charge in [0.05, 0.1) is 6.26 Å². The lowest BCUT2D eigenvalue weighted by Gasteiger charge is -2.38. The van der Waals surface area contributed by atoms with Crippen LogP contribution in [0.15, 0.2) is 78.9 Å². The van der Waals surface area contributed by atoms with E-state index in [0.29, 0.717) is 23.7 Å². The minimum atomic E-state index is -3.31. The number of nitrogens with zero attached hydrogens (tertiary/aromatic N) is 2. The lowest BCUT2D eigenvalue weighted by molar-refractivity contribution is 0.128. The quantitative estimate of drug-likeness (QED) is 0.303. The van der Waals surface area contributed by atoms with Gasteiger partial charge in [0.15, 0.2) is 0 Å². The fourth-order valence-corrected chi connectivity index (χ4v) is 5.29. The molecule has 0 spiro atoms. The first-order valence-electron chi connectivity index (χ1n) is 13.6. The molecule has 41 heavy (non-hydrogen) atoms. The summed E-state index contributed by atoms with van der Waals surface area (Å²) in [4.78, 5) is 17.6. The van der Waals surface area contributed by atoms with Crippen molar-refractivity contribution in [3.8, 4) is 11.5 Å². The molecule has 0 saturated carbocycles. The van der Waals surface area contributed by atoms with E-state index in [2.05, 4.69) is 60.0 Å². The smallest absolute Gasteiger partial charge is 0.318 e. The van der Waals surface area contributed by atoms with Gasteiger partial charge < -0.3 is 15.0 Å². The van der Waals surface area contributed by atoms with E-state index in [1.165, 1.54) is 5.56 Å². The molecule has 4 rings (SSSR count). The fourth-order valence-electron chi connectivity index (χ4n) is 4.73. The maximum Gasteiger partial charge on any atom is 0.318 e. The zero-order valence-corrected chi connectivity index (χ0v) is 25.8. The molecule has 2 amide bonds. The van der Waals surface area contributed by atoms with Crippen molar-refractivity contribution in [2.75, 3.05) is 24.1 Å². The number of urea groups is 1. The Morgan fingerprint density at radius 3 is 2.00 bits per heavy atom. The van der Waals surface area contributed by atoms with Crippen LogP contribution in [-0.2, 0) is 23.1 Å². The molecule has 1 heterocycles. The van der Waals surface area contributed by atoms with Crippen molar-refractivity contribution in [3.05, 3.63) is 90.0 Å². The average molecular weight is 601 g/mol. The number of anilines is 1. The second-order valence-corrected chi connectivity index (χ2v) is 13.1. The van der Waals surface area contributed by atoms with Gasteiger partial charge in [-0.3, -0.25) is 9.62 Å². The SMILES string of the molecule is CC(C)(C)N(Cc1ccccc1)C(=O)NC1CCN(Cc2ccc(Oc3ccc(NS(C)(=O)=O)cc3)cc2)CC1.Cl. The van der Waals surface area contributed by atoms with Gasteiger partial charge >= 0.3 is 6.03 Å². The lowest BCUT2D eigenvalue weighted by Crippen LogP contribution is -2.54. The van der Waals surface area contributed by atoms with Crippen LogP contribution in [0.25, 0.3) is 0 Å². The normalized spacial score (nSPS) is 14.5.